The maximum absolute atomic E-state index is 13.2. The summed E-state index contributed by atoms with van der Waals surface area (Å²) in [5.74, 6) is -0.492. The zero-order chi connectivity index (χ0) is 26.6. The van der Waals surface area contributed by atoms with Crippen molar-refractivity contribution in [2.24, 2.45) is 5.73 Å². The minimum absolute atomic E-state index is 0.0107. The number of carbonyl (C=O) groups is 1. The smallest absolute Gasteiger partial charge is 0.270 e. The molecule has 13 heteroatoms. The summed E-state index contributed by atoms with van der Waals surface area (Å²) in [6, 6.07) is 16.0. The zero-order valence-corrected chi connectivity index (χ0v) is 21.3. The summed E-state index contributed by atoms with van der Waals surface area (Å²) in [5, 5.41) is 24.6. The largest absolute Gasteiger partial charge is 0.384 e. The van der Waals surface area contributed by atoms with Crippen LogP contribution in [0.1, 0.15) is 33.6 Å². The topological polar surface area (TPSA) is 172 Å². The highest BCUT2D eigenvalue weighted by Crippen LogP contribution is 2.28. The highest BCUT2D eigenvalue weighted by atomic mass is 32.2. The number of nitro benzene ring substituents is 1. The Hall–Kier alpha value is -3.81. The van der Waals surface area contributed by atoms with Crippen LogP contribution < -0.4 is 16.4 Å². The number of nitro groups is 1. The molecule has 3 aromatic rings. The van der Waals surface area contributed by atoms with Gasteiger partial charge in [-0.2, -0.15) is 4.31 Å². The number of nitrogens with two attached hydrogens (primary N) is 1. The predicted octanol–water partition coefficient (Wildman–Crippen LogP) is 3.14. The normalized spacial score (nSPS) is 14.7. The molecule has 0 unspecified atom stereocenters. The third kappa shape index (κ3) is 6.31. The van der Waals surface area contributed by atoms with Gasteiger partial charge in [-0.05, 0) is 43.2 Å². The third-order valence-corrected chi connectivity index (χ3v) is 9.42. The number of sulfonamides is 1. The molecule has 4 rings (SSSR count). The molecule has 2 heterocycles. The van der Waals surface area contributed by atoms with E-state index >= 15 is 0 Å². The van der Waals surface area contributed by atoms with E-state index in [0.717, 1.165) is 17.0 Å². The van der Waals surface area contributed by atoms with Crippen molar-refractivity contribution in [2.75, 3.05) is 18.4 Å². The molecule has 1 saturated heterocycles. The van der Waals surface area contributed by atoms with Crippen molar-refractivity contribution in [3.8, 4) is 0 Å². The molecular formula is C24H26N6O5S2. The van der Waals surface area contributed by atoms with Gasteiger partial charge < -0.3 is 16.4 Å². The van der Waals surface area contributed by atoms with Crippen LogP contribution in [-0.2, 0) is 16.6 Å². The maximum Gasteiger partial charge on any atom is 0.270 e. The van der Waals surface area contributed by atoms with Crippen LogP contribution in [0.4, 0.5) is 11.4 Å². The fraction of sp³-hybridized carbons (Fsp3) is 0.250. The second-order valence-corrected chi connectivity index (χ2v) is 11.9. The number of nitrogens with one attached hydrogen (secondary N) is 3. The Balaban J connectivity index is 1.32. The summed E-state index contributed by atoms with van der Waals surface area (Å²) in [6.07, 6.45) is 1.25. The molecule has 11 nitrogen and oxygen atoms in total. The van der Waals surface area contributed by atoms with Gasteiger partial charge in [-0.1, -0.05) is 18.2 Å². The average Bonchev–Trinajstić information content (AvgIpc) is 3.38. The van der Waals surface area contributed by atoms with Gasteiger partial charge >= 0.3 is 0 Å². The van der Waals surface area contributed by atoms with Crippen molar-refractivity contribution in [3.05, 3.63) is 86.8 Å². The zero-order valence-electron chi connectivity index (χ0n) is 19.7. The standard InChI is InChI=1S/C24H26N6O5S2/c25-23(26)16-3-1-5-19(13-16)28-18-9-11-29(12-10-18)37(34,35)22-8-7-21(36-22)15-27-24(31)17-4-2-6-20(14-17)30(32)33/h1-8,13-14,18,28H,9-12,15H2,(H3,25,26)(H,27,31). The molecule has 0 saturated carbocycles. The fourth-order valence-corrected chi connectivity index (χ4v) is 6.92. The second kappa shape index (κ2) is 11.1. The number of hydrogen-bond acceptors (Lipinski definition) is 8. The van der Waals surface area contributed by atoms with Gasteiger partial charge in [0.25, 0.3) is 21.6 Å². The lowest BCUT2D eigenvalue weighted by Crippen LogP contribution is -2.42. The van der Waals surface area contributed by atoms with E-state index in [-0.39, 0.29) is 33.9 Å². The van der Waals surface area contributed by atoms with Gasteiger partial charge in [-0.15, -0.1) is 11.3 Å². The van der Waals surface area contributed by atoms with E-state index in [1.165, 1.54) is 34.6 Å². The molecule has 2 aromatic carbocycles. The summed E-state index contributed by atoms with van der Waals surface area (Å²) >= 11 is 1.09. The number of amides is 1. The van der Waals surface area contributed by atoms with Gasteiger partial charge in [-0.25, -0.2) is 8.42 Å². The van der Waals surface area contributed by atoms with Gasteiger partial charge in [0.2, 0.25) is 0 Å². The first-order chi connectivity index (χ1) is 17.6. The molecular weight excluding hydrogens is 516 g/mol. The lowest BCUT2D eigenvalue weighted by atomic mass is 10.1. The lowest BCUT2D eigenvalue weighted by Gasteiger charge is -2.31. The Morgan fingerprint density at radius 1 is 1.11 bits per heavy atom. The Bertz CT molecular complexity index is 1430. The molecule has 1 amide bonds. The van der Waals surface area contributed by atoms with E-state index in [1.807, 2.05) is 12.1 Å². The van der Waals surface area contributed by atoms with Gasteiger partial charge in [-0.3, -0.25) is 20.3 Å². The molecule has 5 N–H and O–H groups in total. The second-order valence-electron chi connectivity index (χ2n) is 8.53. The number of nitrogen functional groups attached to an aromatic ring is 1. The van der Waals surface area contributed by atoms with Gasteiger partial charge in [0, 0.05) is 53.0 Å². The Labute approximate surface area is 218 Å². The van der Waals surface area contributed by atoms with E-state index < -0.39 is 20.9 Å². The number of carbonyl (C=O) groups excluding carboxylic acids is 1. The maximum atomic E-state index is 13.2. The quantitative estimate of drug-likeness (QED) is 0.139. The lowest BCUT2D eigenvalue weighted by molar-refractivity contribution is -0.384. The van der Waals surface area contributed by atoms with E-state index in [2.05, 4.69) is 10.6 Å². The Morgan fingerprint density at radius 3 is 2.51 bits per heavy atom. The molecule has 194 valence electrons. The van der Waals surface area contributed by atoms with Gasteiger partial charge in [0.05, 0.1) is 11.5 Å². The van der Waals surface area contributed by atoms with Crippen LogP contribution in [0.25, 0.3) is 0 Å². The summed E-state index contributed by atoms with van der Waals surface area (Å²) in [6.45, 7) is 0.833. The van der Waals surface area contributed by atoms with Crippen LogP contribution in [0.3, 0.4) is 0 Å². The SMILES string of the molecule is N=C(N)c1cccc(NC2CCN(S(=O)(=O)c3ccc(CNC(=O)c4cccc([N+](=O)[O-])c4)s3)CC2)c1. The predicted molar refractivity (Wildman–Crippen MR) is 141 cm³/mol. The summed E-state index contributed by atoms with van der Waals surface area (Å²) in [5.41, 5.74) is 6.99. The number of nitrogens with zero attached hydrogens (tertiary/aromatic N) is 2. The van der Waals surface area contributed by atoms with Gasteiger partial charge in [0.15, 0.2) is 0 Å². The molecule has 0 aliphatic carbocycles. The first-order valence-electron chi connectivity index (χ1n) is 11.5. The first-order valence-corrected chi connectivity index (χ1v) is 13.7. The van der Waals surface area contributed by atoms with Crippen LogP contribution in [-0.4, -0.2) is 48.5 Å². The highest BCUT2D eigenvalue weighted by molar-refractivity contribution is 7.91. The highest BCUT2D eigenvalue weighted by Gasteiger charge is 2.30. The average molecular weight is 543 g/mol. The molecule has 1 fully saturated rings. The number of amidine groups is 1. The molecule has 1 aromatic heterocycles. The van der Waals surface area contributed by atoms with E-state index in [1.54, 1.807) is 18.2 Å². The van der Waals surface area contributed by atoms with Crippen molar-refractivity contribution in [3.63, 3.8) is 0 Å². The van der Waals surface area contributed by atoms with Crippen molar-refractivity contribution >= 4 is 44.5 Å². The van der Waals surface area contributed by atoms with Crippen molar-refractivity contribution in [1.29, 1.82) is 5.41 Å². The van der Waals surface area contributed by atoms with Crippen LogP contribution in [0.2, 0.25) is 0 Å². The third-order valence-electron chi connectivity index (χ3n) is 5.97. The van der Waals surface area contributed by atoms with Crippen LogP contribution in [0.5, 0.6) is 0 Å². The van der Waals surface area contributed by atoms with Crippen molar-refractivity contribution in [1.82, 2.24) is 9.62 Å². The summed E-state index contributed by atoms with van der Waals surface area (Å²) in [7, 11) is -3.67. The molecule has 0 spiro atoms. The number of benzene rings is 2. The van der Waals surface area contributed by atoms with E-state index in [4.69, 9.17) is 11.1 Å². The molecule has 1 aliphatic rings. The Kier molecular flexibility index (Phi) is 7.86. The van der Waals surface area contributed by atoms with Crippen LogP contribution in [0.15, 0.2) is 64.9 Å². The van der Waals surface area contributed by atoms with Gasteiger partial charge in [0.1, 0.15) is 10.0 Å². The molecule has 0 radical (unpaired) electrons. The van der Waals surface area contributed by atoms with E-state index in [0.29, 0.717) is 36.4 Å². The number of hydrogen-bond donors (Lipinski definition) is 4. The number of piperidine rings is 1. The van der Waals surface area contributed by atoms with Crippen LogP contribution in [0, 0.1) is 15.5 Å². The minimum Gasteiger partial charge on any atom is -0.384 e. The molecule has 37 heavy (non-hydrogen) atoms. The number of non-ortho nitro benzene ring substituents is 1. The monoisotopic (exact) mass is 542 g/mol. The number of rotatable bonds is 9. The van der Waals surface area contributed by atoms with Crippen molar-refractivity contribution in [2.45, 2.75) is 29.6 Å². The van der Waals surface area contributed by atoms with E-state index in [9.17, 15) is 23.3 Å². The number of anilines is 1. The Morgan fingerprint density at radius 2 is 1.81 bits per heavy atom. The van der Waals surface area contributed by atoms with Crippen LogP contribution >= 0.6 is 11.3 Å². The first kappa shape index (κ1) is 26.3. The molecule has 0 bridgehead atoms. The summed E-state index contributed by atoms with van der Waals surface area (Å²) < 4.78 is 28.0. The molecule has 1 aliphatic heterocycles. The number of thiophene rings is 1. The fourth-order valence-electron chi connectivity index (χ4n) is 4.00. The van der Waals surface area contributed by atoms with Crippen molar-refractivity contribution < 1.29 is 18.1 Å². The minimum atomic E-state index is -3.67. The molecule has 0 atom stereocenters. The summed E-state index contributed by atoms with van der Waals surface area (Å²) in [4.78, 5) is 23.4.